The van der Waals surface area contributed by atoms with Gasteiger partial charge in [0.1, 0.15) is 0 Å². The molecular formula is C56H51F12N3O9. The molecule has 5 rings (SSSR count). The summed E-state index contributed by atoms with van der Waals surface area (Å²) in [5.74, 6) is -9.23. The molecule has 0 saturated carbocycles. The first kappa shape index (κ1) is 62.7. The average Bonchev–Trinajstić information content (AvgIpc) is 3.57. The lowest BCUT2D eigenvalue weighted by Gasteiger charge is -2.52. The molecule has 5 aromatic rings. The number of halogens is 12. The first-order chi connectivity index (χ1) is 37.1. The van der Waals surface area contributed by atoms with Crippen molar-refractivity contribution in [3.63, 3.8) is 0 Å². The Hall–Kier alpha value is -8.18. The van der Waals surface area contributed by atoms with Gasteiger partial charge in [-0.25, -0.2) is 14.4 Å². The van der Waals surface area contributed by atoms with Crippen LogP contribution >= 0.6 is 0 Å². The van der Waals surface area contributed by atoms with E-state index in [0.29, 0.717) is 41.5 Å². The zero-order valence-corrected chi connectivity index (χ0v) is 43.0. The zero-order chi connectivity index (χ0) is 60.4. The van der Waals surface area contributed by atoms with Crippen molar-refractivity contribution in [2.75, 3.05) is 17.7 Å². The monoisotopic (exact) mass is 1140 g/mol. The molecule has 0 aromatic heterocycles. The third-order valence-corrected chi connectivity index (χ3v) is 14.9. The molecule has 0 spiro atoms. The van der Waals surface area contributed by atoms with Crippen LogP contribution in [0.4, 0.5) is 64.1 Å². The van der Waals surface area contributed by atoms with Crippen molar-refractivity contribution in [3.8, 4) is 11.1 Å². The Bertz CT molecular complexity index is 3180. The minimum Gasteiger partial charge on any atom is -0.478 e. The number of carboxylic acids is 3. The van der Waals surface area contributed by atoms with E-state index in [9.17, 15) is 70.4 Å². The van der Waals surface area contributed by atoms with E-state index in [0.717, 1.165) is 39.1 Å². The van der Waals surface area contributed by atoms with Crippen molar-refractivity contribution in [1.29, 1.82) is 0 Å². The second kappa shape index (κ2) is 22.9. The molecule has 0 aliphatic rings. The lowest BCUT2D eigenvalue weighted by molar-refractivity contribution is -0.359. The highest BCUT2D eigenvalue weighted by Gasteiger charge is 2.80. The smallest absolute Gasteiger partial charge is 0.408 e. The summed E-state index contributed by atoms with van der Waals surface area (Å²) in [6, 6.07) is 15.6. The summed E-state index contributed by atoms with van der Waals surface area (Å²) in [6.07, 6.45) is -27.3. The minimum atomic E-state index is -6.33. The largest absolute Gasteiger partial charge is 0.478 e. The van der Waals surface area contributed by atoms with E-state index in [1.165, 1.54) is 55.5 Å². The van der Waals surface area contributed by atoms with Gasteiger partial charge >= 0.3 is 42.6 Å². The van der Waals surface area contributed by atoms with Crippen molar-refractivity contribution in [3.05, 3.63) is 166 Å². The molecule has 0 fully saturated rings. The number of hydrogen-bond donors (Lipinski definition) is 6. The fraction of sp³-hybridized carbons (Fsp3) is 0.321. The number of amides is 3. The van der Waals surface area contributed by atoms with E-state index in [4.69, 9.17) is 0 Å². The van der Waals surface area contributed by atoms with Crippen LogP contribution in [0.2, 0.25) is 0 Å². The number of hydrogen-bond acceptors (Lipinski definition) is 6. The Morgan fingerprint density at radius 1 is 0.475 bits per heavy atom. The number of carboxylic acid groups (broad SMARTS) is 3. The van der Waals surface area contributed by atoms with Gasteiger partial charge in [0.15, 0.2) is 10.8 Å². The lowest BCUT2D eigenvalue weighted by Crippen LogP contribution is -2.66. The average molecular weight is 1140 g/mol. The van der Waals surface area contributed by atoms with Gasteiger partial charge in [-0.05, 0) is 121 Å². The Labute approximate surface area is 448 Å². The summed E-state index contributed by atoms with van der Waals surface area (Å²) in [7, 11) is 1.05. The number of rotatable bonds is 20. The summed E-state index contributed by atoms with van der Waals surface area (Å²) >= 11 is 0. The lowest BCUT2D eigenvalue weighted by atomic mass is 9.53. The van der Waals surface area contributed by atoms with Gasteiger partial charge in [-0.1, -0.05) is 75.7 Å². The normalized spacial score (nSPS) is 14.0. The Morgan fingerprint density at radius 2 is 0.812 bits per heavy atom. The maximum absolute atomic E-state index is 16.0. The summed E-state index contributed by atoms with van der Waals surface area (Å²) in [6.45, 7) is 6.91. The van der Waals surface area contributed by atoms with Crippen LogP contribution in [0.1, 0.15) is 139 Å². The molecule has 0 heterocycles. The van der Waals surface area contributed by atoms with E-state index < -0.39 is 158 Å². The van der Waals surface area contributed by atoms with E-state index in [1.807, 2.05) is 0 Å². The molecule has 80 heavy (non-hydrogen) atoms. The van der Waals surface area contributed by atoms with Crippen LogP contribution in [-0.4, -0.2) is 82.7 Å². The summed E-state index contributed by atoms with van der Waals surface area (Å²) in [4.78, 5) is 77.2. The van der Waals surface area contributed by atoms with Gasteiger partial charge in [0.05, 0.1) is 33.4 Å². The van der Waals surface area contributed by atoms with Crippen molar-refractivity contribution in [2.45, 2.75) is 101 Å². The van der Waals surface area contributed by atoms with Crippen LogP contribution in [0.3, 0.4) is 0 Å². The molecular weight excluding hydrogens is 1090 g/mol. The number of alkyl halides is 12. The van der Waals surface area contributed by atoms with Crippen LogP contribution < -0.4 is 16.0 Å². The first-order valence-corrected chi connectivity index (χ1v) is 24.1. The zero-order valence-electron chi connectivity index (χ0n) is 43.0. The number of anilines is 2. The van der Waals surface area contributed by atoms with Gasteiger partial charge in [0.2, 0.25) is 0 Å². The maximum Gasteiger partial charge on any atom is 0.408 e. The topological polar surface area (TPSA) is 199 Å². The molecule has 2 unspecified atom stereocenters. The van der Waals surface area contributed by atoms with Crippen LogP contribution in [0.15, 0.2) is 116 Å². The van der Waals surface area contributed by atoms with Crippen LogP contribution in [-0.2, 0) is 16.2 Å². The highest BCUT2D eigenvalue weighted by Crippen LogP contribution is 2.66. The molecule has 24 heteroatoms. The third-order valence-electron chi connectivity index (χ3n) is 14.9. The number of aromatic carboxylic acids is 3. The van der Waals surface area contributed by atoms with Gasteiger partial charge in [0.25, 0.3) is 17.7 Å². The third kappa shape index (κ3) is 10.8. The van der Waals surface area contributed by atoms with Gasteiger partial charge in [-0.2, -0.15) is 52.7 Å². The van der Waals surface area contributed by atoms with E-state index >= 15 is 26.3 Å². The first-order valence-electron chi connectivity index (χ1n) is 24.1. The fourth-order valence-electron chi connectivity index (χ4n) is 10.8. The van der Waals surface area contributed by atoms with E-state index in [-0.39, 0.29) is 36.9 Å². The van der Waals surface area contributed by atoms with Crippen molar-refractivity contribution >= 4 is 47.0 Å². The van der Waals surface area contributed by atoms with Gasteiger partial charge < -0.3 is 31.3 Å². The van der Waals surface area contributed by atoms with Gasteiger partial charge in [-0.15, -0.1) is 6.58 Å². The molecule has 0 aliphatic heterocycles. The molecule has 0 radical (unpaired) electrons. The highest BCUT2D eigenvalue weighted by molar-refractivity contribution is 6.12. The SMILES string of the molecule is C=CCC(CC)(c1ccc(C(=O)O)c(C(=O)NC)c1)C(c1ccc(C(=O)O)c(C(=O)Nc2ccc(-c3ccc(NC(=O)c4cc(C(CC)(CCC)C(C)(C(F)(F)F)C(F)(F)F)ccc4C(=O)O)cc3)cc2)c1)(C(F)(F)F)C(F)(F)F. The summed E-state index contributed by atoms with van der Waals surface area (Å²) < 4.78 is 184. The van der Waals surface area contributed by atoms with Gasteiger partial charge in [0, 0.05) is 29.3 Å². The van der Waals surface area contributed by atoms with Gasteiger partial charge in [-0.3, -0.25) is 14.4 Å². The Kier molecular flexibility index (Phi) is 17.9. The summed E-state index contributed by atoms with van der Waals surface area (Å²) in [5, 5.41) is 36.5. The molecule has 428 valence electrons. The molecule has 2 atom stereocenters. The van der Waals surface area contributed by atoms with E-state index in [1.54, 1.807) is 0 Å². The van der Waals surface area contributed by atoms with Crippen LogP contribution in [0.5, 0.6) is 0 Å². The summed E-state index contributed by atoms with van der Waals surface area (Å²) in [5.41, 5.74) is -23.0. The quantitative estimate of drug-likeness (QED) is 0.0324. The standard InChI is InChI=1S/C56H51F12N3O9/c1-7-25-50(9-3,49(5,53(57,58)59)54(60,61)62)32-15-22-38(47(77)78)41(27-32)44(73)70-35-18-11-30(12-19-35)31-13-20-36(21-14-31)71-45(74)42-29-34(17-24-39(42)48(79)80)52(55(63,64)65,56(66,67)68)51(10-4,26-8-2)33-16-23-37(46(75)76)40(28-33)43(72)69-6/h8,11-24,27-29H,2,7,9-10,25-26H2,1,3-6H3,(H,69,72)(H,70,73)(H,71,74)(H,75,76)(H,77,78)(H,79,80). The minimum absolute atomic E-state index is 0.0299. The Morgan fingerprint density at radius 3 is 1.11 bits per heavy atom. The number of benzene rings is 5. The predicted molar refractivity (Wildman–Crippen MR) is 269 cm³/mol. The molecule has 0 saturated heterocycles. The fourth-order valence-corrected chi connectivity index (χ4v) is 10.8. The van der Waals surface area contributed by atoms with Crippen molar-refractivity contribution in [1.82, 2.24) is 5.32 Å². The number of nitrogens with one attached hydrogen (secondary N) is 3. The number of allylic oxidation sites excluding steroid dienone is 1. The molecule has 5 aromatic carbocycles. The molecule has 6 N–H and O–H groups in total. The molecule has 12 nitrogen and oxygen atoms in total. The second-order valence-electron chi connectivity index (χ2n) is 18.8. The van der Waals surface area contributed by atoms with Crippen molar-refractivity contribution < 1.29 is 96.8 Å². The van der Waals surface area contributed by atoms with Crippen molar-refractivity contribution in [2.24, 2.45) is 5.41 Å². The molecule has 3 amide bonds. The number of carbonyl (C=O) groups is 6. The maximum atomic E-state index is 16.0. The molecule has 0 aliphatic carbocycles. The molecule has 0 bridgehead atoms. The van der Waals surface area contributed by atoms with Crippen LogP contribution in [0.25, 0.3) is 11.1 Å². The highest BCUT2D eigenvalue weighted by atomic mass is 19.4. The number of carbonyl (C=O) groups excluding carboxylic acids is 3. The van der Waals surface area contributed by atoms with E-state index in [2.05, 4.69) is 22.5 Å². The Balaban J connectivity index is 1.52. The van der Waals surface area contributed by atoms with Crippen LogP contribution in [0, 0.1) is 5.41 Å². The predicted octanol–water partition coefficient (Wildman–Crippen LogP) is 14.2. The second-order valence-corrected chi connectivity index (χ2v) is 18.8.